The van der Waals surface area contributed by atoms with E-state index in [9.17, 15) is 17.4 Å². The third-order valence-corrected chi connectivity index (χ3v) is 4.31. The number of halogens is 5. The van der Waals surface area contributed by atoms with E-state index in [1.807, 2.05) is 0 Å². The molecule has 0 aliphatic heterocycles. The molecule has 0 bridgehead atoms. The van der Waals surface area contributed by atoms with E-state index in [1.54, 1.807) is 0 Å². The molecule has 6 N–H and O–H groups in total. The Bertz CT molecular complexity index is 893. The van der Waals surface area contributed by atoms with E-state index in [0.717, 1.165) is 4.68 Å². The quantitative estimate of drug-likeness (QED) is 0.193. The van der Waals surface area contributed by atoms with E-state index in [0.29, 0.717) is 12.1 Å². The standard InChI is InChI=1S/C12H10Cl2F3N5O3S/c13-6-1-4(12(15,16)17)2-7(14)9(6)22-11(19)5(3-26(24)25)8(20-22)10(18)21-23/h1-2,23H,3,19H2,(H2,18,21)(H,24,25). The summed E-state index contributed by atoms with van der Waals surface area (Å²) < 4.78 is 59.6. The number of alkyl halides is 3. The van der Waals surface area contributed by atoms with Crippen molar-refractivity contribution in [3.05, 3.63) is 39.0 Å². The molecule has 26 heavy (non-hydrogen) atoms. The van der Waals surface area contributed by atoms with Crippen LogP contribution >= 0.6 is 23.2 Å². The van der Waals surface area contributed by atoms with Crippen LogP contribution < -0.4 is 11.5 Å². The van der Waals surface area contributed by atoms with Crippen molar-refractivity contribution in [3.63, 3.8) is 0 Å². The summed E-state index contributed by atoms with van der Waals surface area (Å²) in [6.07, 6.45) is -4.68. The Morgan fingerprint density at radius 3 is 2.31 bits per heavy atom. The summed E-state index contributed by atoms with van der Waals surface area (Å²) in [4.78, 5) is 0. The van der Waals surface area contributed by atoms with E-state index >= 15 is 0 Å². The first-order valence-corrected chi connectivity index (χ1v) is 8.49. The molecular weight excluding hydrogens is 422 g/mol. The van der Waals surface area contributed by atoms with Gasteiger partial charge in [0.25, 0.3) is 0 Å². The average molecular weight is 432 g/mol. The summed E-state index contributed by atoms with van der Waals surface area (Å²) in [5.74, 6) is -1.33. The van der Waals surface area contributed by atoms with Crippen molar-refractivity contribution in [1.29, 1.82) is 0 Å². The van der Waals surface area contributed by atoms with E-state index in [-0.39, 0.29) is 22.8 Å². The van der Waals surface area contributed by atoms with Crippen molar-refractivity contribution in [2.45, 2.75) is 11.9 Å². The fourth-order valence-corrected chi connectivity index (χ4v) is 3.26. The lowest BCUT2D eigenvalue weighted by Gasteiger charge is -2.13. The predicted octanol–water partition coefficient (Wildman–Crippen LogP) is 2.60. The minimum absolute atomic E-state index is 0.0758. The number of benzene rings is 1. The summed E-state index contributed by atoms with van der Waals surface area (Å²) >= 11 is 9.45. The third-order valence-electron chi connectivity index (χ3n) is 3.20. The van der Waals surface area contributed by atoms with Gasteiger partial charge in [-0.3, -0.25) is 0 Å². The van der Waals surface area contributed by atoms with Crippen molar-refractivity contribution in [3.8, 4) is 5.69 Å². The van der Waals surface area contributed by atoms with Gasteiger partial charge in [-0.25, -0.2) is 8.89 Å². The molecule has 0 saturated heterocycles. The molecule has 1 unspecified atom stereocenters. The number of aromatic nitrogens is 2. The Labute approximate surface area is 156 Å². The molecule has 0 amide bonds. The highest BCUT2D eigenvalue weighted by Crippen LogP contribution is 2.38. The topological polar surface area (TPSA) is 140 Å². The van der Waals surface area contributed by atoms with E-state index in [1.165, 1.54) is 0 Å². The van der Waals surface area contributed by atoms with Gasteiger partial charge in [0.15, 0.2) is 16.9 Å². The van der Waals surface area contributed by atoms with Gasteiger partial charge in [0, 0.05) is 5.56 Å². The van der Waals surface area contributed by atoms with Gasteiger partial charge in [-0.15, -0.1) is 0 Å². The Hall–Kier alpha value is -2.02. The summed E-state index contributed by atoms with van der Waals surface area (Å²) in [6, 6.07) is 1.24. The molecule has 0 saturated carbocycles. The van der Waals surface area contributed by atoms with Gasteiger partial charge in [0.1, 0.15) is 17.2 Å². The third kappa shape index (κ3) is 3.87. The van der Waals surface area contributed by atoms with Crippen molar-refractivity contribution < 1.29 is 27.1 Å². The van der Waals surface area contributed by atoms with Crippen molar-refractivity contribution in [2.75, 3.05) is 5.73 Å². The van der Waals surface area contributed by atoms with Crippen LogP contribution in [0.1, 0.15) is 16.8 Å². The van der Waals surface area contributed by atoms with Gasteiger partial charge >= 0.3 is 6.18 Å². The zero-order valence-corrected chi connectivity index (χ0v) is 14.8. The van der Waals surface area contributed by atoms with E-state index in [4.69, 9.17) is 44.4 Å². The monoisotopic (exact) mass is 431 g/mol. The molecule has 2 aromatic rings. The molecule has 142 valence electrons. The number of hydrogen-bond acceptors (Lipinski definition) is 5. The van der Waals surface area contributed by atoms with Crippen LogP contribution in [-0.4, -0.2) is 29.6 Å². The molecule has 1 heterocycles. The largest absolute Gasteiger partial charge is 0.416 e. The Morgan fingerprint density at radius 1 is 1.35 bits per heavy atom. The number of anilines is 1. The molecule has 14 heteroatoms. The lowest BCUT2D eigenvalue weighted by Crippen LogP contribution is -2.16. The lowest BCUT2D eigenvalue weighted by molar-refractivity contribution is -0.137. The maximum Gasteiger partial charge on any atom is 0.416 e. The zero-order chi connectivity index (χ0) is 19.8. The van der Waals surface area contributed by atoms with Crippen molar-refractivity contribution >= 4 is 45.9 Å². The molecule has 1 aromatic heterocycles. The highest BCUT2D eigenvalue weighted by Gasteiger charge is 2.33. The van der Waals surface area contributed by atoms with Gasteiger partial charge in [0.05, 0.1) is 21.4 Å². The van der Waals surface area contributed by atoms with Gasteiger partial charge in [-0.05, 0) is 12.1 Å². The van der Waals surface area contributed by atoms with Gasteiger partial charge in [0.2, 0.25) is 0 Å². The molecule has 0 aliphatic carbocycles. The highest BCUT2D eigenvalue weighted by atomic mass is 35.5. The number of rotatable bonds is 4. The SMILES string of the molecule is NC(=NO)c1nn(-c2c(Cl)cc(C(F)(F)F)cc2Cl)c(N)c1CS(=O)O. The van der Waals surface area contributed by atoms with Crippen LogP contribution in [0, 0.1) is 0 Å². The van der Waals surface area contributed by atoms with Crippen LogP contribution in [0.5, 0.6) is 0 Å². The van der Waals surface area contributed by atoms with E-state index in [2.05, 4.69) is 10.3 Å². The molecule has 0 aliphatic rings. The highest BCUT2D eigenvalue weighted by molar-refractivity contribution is 7.78. The molecule has 8 nitrogen and oxygen atoms in total. The molecule has 0 spiro atoms. The summed E-state index contributed by atoms with van der Waals surface area (Å²) in [5, 5.41) is 14.6. The maximum atomic E-state index is 12.8. The normalized spacial score (nSPS) is 13.8. The summed E-state index contributed by atoms with van der Waals surface area (Å²) in [7, 11) is 0. The Morgan fingerprint density at radius 2 is 1.88 bits per heavy atom. The molecule has 2 rings (SSSR count). The molecule has 0 fully saturated rings. The first kappa shape index (κ1) is 20.3. The Balaban J connectivity index is 2.74. The second kappa shape index (κ2) is 7.31. The van der Waals surface area contributed by atoms with Gasteiger partial charge in [-0.1, -0.05) is 28.4 Å². The average Bonchev–Trinajstić information content (AvgIpc) is 2.82. The lowest BCUT2D eigenvalue weighted by atomic mass is 10.2. The van der Waals surface area contributed by atoms with Crippen molar-refractivity contribution in [2.24, 2.45) is 10.9 Å². The molecule has 1 atom stereocenters. The van der Waals surface area contributed by atoms with Gasteiger partial charge in [-0.2, -0.15) is 18.3 Å². The number of nitrogens with zero attached hydrogens (tertiary/aromatic N) is 3. The van der Waals surface area contributed by atoms with Crippen LogP contribution in [-0.2, 0) is 23.0 Å². The minimum atomic E-state index is -4.68. The minimum Gasteiger partial charge on any atom is -0.409 e. The van der Waals surface area contributed by atoms with Gasteiger partial charge < -0.3 is 21.2 Å². The fraction of sp³-hybridized carbons (Fsp3) is 0.167. The molecule has 0 radical (unpaired) electrons. The maximum absolute atomic E-state index is 12.8. The number of amidine groups is 1. The molecule has 1 aromatic carbocycles. The first-order chi connectivity index (χ1) is 12.0. The Kier molecular flexibility index (Phi) is 5.70. The van der Waals surface area contributed by atoms with E-state index < -0.39 is 44.5 Å². The second-order valence-corrected chi connectivity index (χ2v) is 6.61. The summed E-state index contributed by atoms with van der Waals surface area (Å²) in [6.45, 7) is 0. The zero-order valence-electron chi connectivity index (χ0n) is 12.5. The molecular formula is C12H10Cl2F3N5O3S. The number of nitrogens with two attached hydrogens (primary N) is 2. The van der Waals surface area contributed by atoms with Crippen LogP contribution in [0.25, 0.3) is 5.69 Å². The first-order valence-electron chi connectivity index (χ1n) is 6.46. The van der Waals surface area contributed by atoms with Crippen LogP contribution in [0.2, 0.25) is 10.0 Å². The second-order valence-electron chi connectivity index (χ2n) is 4.86. The van der Waals surface area contributed by atoms with Crippen LogP contribution in [0.3, 0.4) is 0 Å². The smallest absolute Gasteiger partial charge is 0.409 e. The number of oxime groups is 1. The van der Waals surface area contributed by atoms with Crippen LogP contribution in [0.15, 0.2) is 17.3 Å². The van der Waals surface area contributed by atoms with Crippen molar-refractivity contribution in [1.82, 2.24) is 9.78 Å². The fourth-order valence-electron chi connectivity index (χ4n) is 2.08. The summed E-state index contributed by atoms with van der Waals surface area (Å²) in [5.41, 5.74) is 9.70. The number of hydrogen-bond donors (Lipinski definition) is 4. The van der Waals surface area contributed by atoms with Crippen LogP contribution in [0.4, 0.5) is 19.0 Å². The number of nitrogen functional groups attached to an aromatic ring is 1. The predicted molar refractivity (Wildman–Crippen MR) is 90.0 cm³/mol.